The first-order chi connectivity index (χ1) is 13.0. The van der Waals surface area contributed by atoms with Gasteiger partial charge in [-0.2, -0.15) is 0 Å². The van der Waals surface area contributed by atoms with Crippen LogP contribution in [0, 0.1) is 0 Å². The van der Waals surface area contributed by atoms with Gasteiger partial charge in [0.15, 0.2) is 5.78 Å². The number of rotatable bonds is 9. The summed E-state index contributed by atoms with van der Waals surface area (Å²) in [6.45, 7) is 0.0738. The van der Waals surface area contributed by atoms with Crippen molar-refractivity contribution >= 4 is 17.8 Å². The van der Waals surface area contributed by atoms with Gasteiger partial charge in [0.25, 0.3) is 0 Å². The van der Waals surface area contributed by atoms with Gasteiger partial charge in [-0.3, -0.25) is 9.59 Å². The molecule has 27 heavy (non-hydrogen) atoms. The molecule has 0 atom stereocenters. The number of primary amides is 1. The van der Waals surface area contributed by atoms with Gasteiger partial charge in [0.1, 0.15) is 11.5 Å². The highest BCUT2D eigenvalue weighted by atomic mass is 16.5. The van der Waals surface area contributed by atoms with E-state index in [2.05, 4.69) is 0 Å². The number of carbonyl (C=O) groups excluding carboxylic acids is 2. The van der Waals surface area contributed by atoms with Gasteiger partial charge in [0.2, 0.25) is 5.91 Å². The van der Waals surface area contributed by atoms with Gasteiger partial charge in [-0.05, 0) is 54.3 Å². The van der Waals surface area contributed by atoms with Gasteiger partial charge in [0, 0.05) is 12.2 Å². The summed E-state index contributed by atoms with van der Waals surface area (Å²) in [5.74, 6) is 0.107. The van der Waals surface area contributed by atoms with Crippen molar-refractivity contribution in [2.45, 2.75) is 12.8 Å². The van der Waals surface area contributed by atoms with Gasteiger partial charge in [-0.1, -0.05) is 18.2 Å². The number of hydrogen-bond donors (Lipinski definition) is 2. The molecular weight excluding hydrogens is 346 g/mol. The maximum Gasteiger partial charge on any atom is 0.249 e. The van der Waals surface area contributed by atoms with Crippen molar-refractivity contribution in [1.29, 1.82) is 0 Å². The monoisotopic (exact) mass is 369 g/mol. The maximum absolute atomic E-state index is 12.6. The third-order valence-corrected chi connectivity index (χ3v) is 4.09. The van der Waals surface area contributed by atoms with Crippen LogP contribution in [0.5, 0.6) is 11.5 Å². The molecule has 0 aliphatic carbocycles. The number of allylic oxidation sites excluding steroid dienone is 1. The van der Waals surface area contributed by atoms with E-state index in [9.17, 15) is 9.59 Å². The fourth-order valence-electron chi connectivity index (χ4n) is 2.66. The van der Waals surface area contributed by atoms with Crippen LogP contribution in [0.15, 0.2) is 42.5 Å². The van der Waals surface area contributed by atoms with E-state index in [0.717, 1.165) is 5.56 Å². The minimum Gasteiger partial charge on any atom is -0.497 e. The van der Waals surface area contributed by atoms with Crippen LogP contribution in [0.1, 0.15) is 38.3 Å². The second kappa shape index (κ2) is 9.54. The number of hydrogen-bond acceptors (Lipinski definition) is 5. The molecule has 3 N–H and O–H groups in total. The second-order valence-corrected chi connectivity index (χ2v) is 5.88. The third kappa shape index (κ3) is 5.18. The molecule has 0 aliphatic heterocycles. The van der Waals surface area contributed by atoms with Gasteiger partial charge >= 0.3 is 0 Å². The molecule has 2 aromatic rings. The van der Waals surface area contributed by atoms with E-state index < -0.39 is 5.91 Å². The zero-order chi connectivity index (χ0) is 19.8. The minimum atomic E-state index is -0.577. The Bertz CT molecular complexity index is 858. The van der Waals surface area contributed by atoms with E-state index in [1.165, 1.54) is 20.3 Å². The summed E-state index contributed by atoms with van der Waals surface area (Å²) < 4.78 is 10.4. The fourth-order valence-corrected chi connectivity index (χ4v) is 2.66. The lowest BCUT2D eigenvalue weighted by Gasteiger charge is -2.08. The molecule has 0 heterocycles. The van der Waals surface area contributed by atoms with Crippen molar-refractivity contribution in [2.24, 2.45) is 5.73 Å². The minimum absolute atomic E-state index is 0.0738. The van der Waals surface area contributed by atoms with E-state index in [-0.39, 0.29) is 12.4 Å². The van der Waals surface area contributed by atoms with E-state index in [1.807, 2.05) is 6.07 Å². The summed E-state index contributed by atoms with van der Waals surface area (Å²) in [5, 5.41) is 8.93. The Labute approximate surface area is 158 Å². The predicted molar refractivity (Wildman–Crippen MR) is 103 cm³/mol. The summed E-state index contributed by atoms with van der Waals surface area (Å²) >= 11 is 0. The Kier molecular flexibility index (Phi) is 7.14. The van der Waals surface area contributed by atoms with Crippen LogP contribution in [0.25, 0.3) is 6.08 Å². The lowest BCUT2D eigenvalue weighted by atomic mass is 9.99. The molecule has 0 bridgehead atoms. The van der Waals surface area contributed by atoms with Gasteiger partial charge in [-0.25, -0.2) is 0 Å². The number of nitrogens with two attached hydrogens (primary N) is 1. The number of ether oxygens (including phenoxy) is 2. The molecule has 2 aromatic carbocycles. The molecule has 142 valence electrons. The quantitative estimate of drug-likeness (QED) is 0.523. The van der Waals surface area contributed by atoms with Crippen LogP contribution in [0.4, 0.5) is 0 Å². The molecule has 1 amide bonds. The average Bonchev–Trinajstić information content (AvgIpc) is 2.69. The SMILES string of the molecule is COc1ccc(OC)c(C(=O)C=Cc2ccc(CCCO)cc2C(N)=O)c1. The Balaban J connectivity index is 2.31. The number of carbonyl (C=O) groups is 2. The fraction of sp³-hybridized carbons (Fsp3) is 0.238. The smallest absolute Gasteiger partial charge is 0.249 e. The molecule has 0 spiro atoms. The van der Waals surface area contributed by atoms with Crippen LogP contribution in [0.3, 0.4) is 0 Å². The van der Waals surface area contributed by atoms with Crippen molar-refractivity contribution in [3.8, 4) is 11.5 Å². The van der Waals surface area contributed by atoms with Gasteiger partial charge in [0.05, 0.1) is 19.8 Å². The number of amides is 1. The standard InChI is InChI=1S/C21H23NO5/c1-26-16-8-10-20(27-2)18(13-16)19(24)9-7-15-6-5-14(4-3-11-23)12-17(15)21(22)25/h5-10,12-13,23H,3-4,11H2,1-2H3,(H2,22,25). The topological polar surface area (TPSA) is 98.8 Å². The number of aliphatic hydroxyl groups excluding tert-OH is 1. The van der Waals surface area contributed by atoms with Gasteiger partial charge < -0.3 is 20.3 Å². The molecule has 0 unspecified atom stereocenters. The van der Waals surface area contributed by atoms with Crippen LogP contribution in [0.2, 0.25) is 0 Å². The maximum atomic E-state index is 12.6. The molecular formula is C21H23NO5. The van der Waals surface area contributed by atoms with E-state index in [1.54, 1.807) is 36.4 Å². The first kappa shape index (κ1) is 20.2. The molecule has 2 rings (SSSR count). The van der Waals surface area contributed by atoms with Crippen LogP contribution >= 0.6 is 0 Å². The number of ketones is 1. The molecule has 0 radical (unpaired) electrons. The van der Waals surface area contributed by atoms with Crippen LogP contribution < -0.4 is 15.2 Å². The Hall–Kier alpha value is -3.12. The van der Waals surface area contributed by atoms with E-state index in [0.29, 0.717) is 41.0 Å². The normalized spacial score (nSPS) is 10.8. The average molecular weight is 369 g/mol. The lowest BCUT2D eigenvalue weighted by molar-refractivity contribution is 0.0998. The highest BCUT2D eigenvalue weighted by Gasteiger charge is 2.12. The van der Waals surface area contributed by atoms with Crippen molar-refractivity contribution in [3.63, 3.8) is 0 Å². The Morgan fingerprint density at radius 2 is 1.85 bits per heavy atom. The number of benzene rings is 2. The van der Waals surface area contributed by atoms with Crippen molar-refractivity contribution in [2.75, 3.05) is 20.8 Å². The zero-order valence-corrected chi connectivity index (χ0v) is 15.4. The van der Waals surface area contributed by atoms with Crippen LogP contribution in [-0.2, 0) is 6.42 Å². The number of methoxy groups -OCH3 is 2. The third-order valence-electron chi connectivity index (χ3n) is 4.09. The first-order valence-corrected chi connectivity index (χ1v) is 8.48. The van der Waals surface area contributed by atoms with E-state index in [4.69, 9.17) is 20.3 Å². The first-order valence-electron chi connectivity index (χ1n) is 8.48. The Morgan fingerprint density at radius 3 is 2.48 bits per heavy atom. The summed E-state index contributed by atoms with van der Waals surface area (Å²) in [5.41, 5.74) is 7.60. The molecule has 0 aliphatic rings. The summed E-state index contributed by atoms with van der Waals surface area (Å²) in [6, 6.07) is 10.2. The second-order valence-electron chi connectivity index (χ2n) is 5.88. The van der Waals surface area contributed by atoms with Gasteiger partial charge in [-0.15, -0.1) is 0 Å². The zero-order valence-electron chi connectivity index (χ0n) is 15.4. The number of aryl methyl sites for hydroxylation is 1. The predicted octanol–water partition coefficient (Wildman–Crippen LogP) is 2.62. The van der Waals surface area contributed by atoms with Crippen molar-refractivity contribution in [3.05, 3.63) is 64.7 Å². The Morgan fingerprint density at radius 1 is 1.07 bits per heavy atom. The van der Waals surface area contributed by atoms with E-state index >= 15 is 0 Å². The molecule has 6 nitrogen and oxygen atoms in total. The number of aliphatic hydroxyl groups is 1. The molecule has 6 heteroatoms. The van der Waals surface area contributed by atoms with Crippen LogP contribution in [-0.4, -0.2) is 37.6 Å². The molecule has 0 aromatic heterocycles. The molecule has 0 fully saturated rings. The summed E-state index contributed by atoms with van der Waals surface area (Å²) in [6.07, 6.45) is 4.16. The summed E-state index contributed by atoms with van der Waals surface area (Å²) in [7, 11) is 3.00. The largest absolute Gasteiger partial charge is 0.497 e. The summed E-state index contributed by atoms with van der Waals surface area (Å²) in [4.78, 5) is 24.4. The van der Waals surface area contributed by atoms with Crippen molar-refractivity contribution < 1.29 is 24.2 Å². The van der Waals surface area contributed by atoms with Crippen molar-refractivity contribution in [1.82, 2.24) is 0 Å². The molecule has 0 saturated heterocycles. The highest BCUT2D eigenvalue weighted by molar-refractivity contribution is 6.09. The lowest BCUT2D eigenvalue weighted by Crippen LogP contribution is -2.13. The molecule has 0 saturated carbocycles. The highest BCUT2D eigenvalue weighted by Crippen LogP contribution is 2.25.